The van der Waals surface area contributed by atoms with Gasteiger partial charge in [0, 0.05) is 18.1 Å². The standard InChI is InChI=1S/C15H18ClNO5/c1-9-7-11(3-4-12(9)16)22-10(2)13(18)17-15(14(19)20)5-6-21-8-15/h3-4,7,10H,5-6,8H2,1-2H3,(H,17,18)(H,19,20). The smallest absolute Gasteiger partial charge is 0.331 e. The van der Waals surface area contributed by atoms with E-state index >= 15 is 0 Å². The normalized spacial score (nSPS) is 22.1. The molecule has 22 heavy (non-hydrogen) atoms. The number of hydrogen-bond donors (Lipinski definition) is 2. The Bertz CT molecular complexity index is 583. The summed E-state index contributed by atoms with van der Waals surface area (Å²) in [5.74, 6) is -1.11. The maximum absolute atomic E-state index is 12.2. The molecule has 1 aliphatic heterocycles. The van der Waals surface area contributed by atoms with Gasteiger partial charge >= 0.3 is 5.97 Å². The third-order valence-corrected chi connectivity index (χ3v) is 4.03. The van der Waals surface area contributed by atoms with Crippen LogP contribution in [0, 0.1) is 6.92 Å². The van der Waals surface area contributed by atoms with Gasteiger partial charge in [0.05, 0.1) is 6.61 Å². The molecule has 1 saturated heterocycles. The van der Waals surface area contributed by atoms with Crippen LogP contribution < -0.4 is 10.1 Å². The van der Waals surface area contributed by atoms with Gasteiger partial charge in [-0.25, -0.2) is 4.79 Å². The molecule has 0 saturated carbocycles. The number of amides is 1. The number of carboxylic acid groups (broad SMARTS) is 1. The van der Waals surface area contributed by atoms with E-state index in [4.69, 9.17) is 21.1 Å². The van der Waals surface area contributed by atoms with Crippen molar-refractivity contribution in [3.05, 3.63) is 28.8 Å². The fraction of sp³-hybridized carbons (Fsp3) is 0.467. The zero-order chi connectivity index (χ0) is 16.3. The minimum absolute atomic E-state index is 0.0408. The molecule has 0 aromatic heterocycles. The SMILES string of the molecule is Cc1cc(OC(C)C(=O)NC2(C(=O)O)CCOC2)ccc1Cl. The van der Waals surface area contributed by atoms with Gasteiger partial charge in [0.15, 0.2) is 11.6 Å². The van der Waals surface area contributed by atoms with E-state index in [0.717, 1.165) is 5.56 Å². The van der Waals surface area contributed by atoms with Gasteiger partial charge in [-0.2, -0.15) is 0 Å². The van der Waals surface area contributed by atoms with E-state index in [2.05, 4.69) is 5.32 Å². The van der Waals surface area contributed by atoms with Gasteiger partial charge < -0.3 is 19.9 Å². The van der Waals surface area contributed by atoms with Gasteiger partial charge in [-0.05, 0) is 37.6 Å². The number of halogens is 1. The van der Waals surface area contributed by atoms with Crippen LogP contribution in [0.5, 0.6) is 5.75 Å². The Morgan fingerprint density at radius 2 is 2.23 bits per heavy atom. The second-order valence-electron chi connectivity index (χ2n) is 5.35. The highest BCUT2D eigenvalue weighted by Crippen LogP contribution is 2.23. The van der Waals surface area contributed by atoms with Crippen LogP contribution in [0.3, 0.4) is 0 Å². The summed E-state index contributed by atoms with van der Waals surface area (Å²) in [6.07, 6.45) is -0.599. The van der Waals surface area contributed by atoms with Gasteiger partial charge in [0.2, 0.25) is 0 Å². The number of benzene rings is 1. The average Bonchev–Trinajstić information content (AvgIpc) is 2.92. The molecule has 2 N–H and O–H groups in total. The summed E-state index contributed by atoms with van der Waals surface area (Å²) in [6.45, 7) is 3.65. The summed E-state index contributed by atoms with van der Waals surface area (Å²) in [5, 5.41) is 12.4. The van der Waals surface area contributed by atoms with E-state index in [9.17, 15) is 14.7 Å². The van der Waals surface area contributed by atoms with Crippen LogP contribution in [-0.4, -0.2) is 41.8 Å². The highest BCUT2D eigenvalue weighted by atomic mass is 35.5. The van der Waals surface area contributed by atoms with Gasteiger partial charge in [-0.1, -0.05) is 11.6 Å². The fourth-order valence-electron chi connectivity index (χ4n) is 2.17. The molecule has 120 valence electrons. The molecule has 2 rings (SSSR count). The molecule has 1 aromatic rings. The molecule has 1 aliphatic rings. The zero-order valence-corrected chi connectivity index (χ0v) is 13.1. The van der Waals surface area contributed by atoms with Crippen molar-refractivity contribution in [3.63, 3.8) is 0 Å². The highest BCUT2D eigenvalue weighted by molar-refractivity contribution is 6.31. The van der Waals surface area contributed by atoms with Gasteiger partial charge in [-0.3, -0.25) is 4.79 Å². The lowest BCUT2D eigenvalue weighted by Crippen LogP contribution is -2.57. The van der Waals surface area contributed by atoms with Crippen molar-refractivity contribution in [2.24, 2.45) is 0 Å². The first-order valence-electron chi connectivity index (χ1n) is 6.90. The molecule has 7 heteroatoms. The molecular formula is C15H18ClNO5. The summed E-state index contributed by atoms with van der Waals surface area (Å²) in [5.41, 5.74) is -0.539. The van der Waals surface area contributed by atoms with Gasteiger partial charge in [0.25, 0.3) is 5.91 Å². The number of ether oxygens (including phenoxy) is 2. The lowest BCUT2D eigenvalue weighted by atomic mass is 9.98. The summed E-state index contributed by atoms with van der Waals surface area (Å²) in [7, 11) is 0. The lowest BCUT2D eigenvalue weighted by Gasteiger charge is -2.25. The van der Waals surface area contributed by atoms with E-state index in [1.165, 1.54) is 0 Å². The van der Waals surface area contributed by atoms with Crippen LogP contribution in [-0.2, 0) is 14.3 Å². The molecule has 0 bridgehead atoms. The second kappa shape index (κ2) is 6.54. The number of aliphatic carboxylic acids is 1. The Morgan fingerprint density at radius 1 is 1.50 bits per heavy atom. The van der Waals surface area contributed by atoms with Crippen LogP contribution in [0.4, 0.5) is 0 Å². The number of carboxylic acids is 1. The Hall–Kier alpha value is -1.79. The van der Waals surface area contributed by atoms with E-state index in [-0.39, 0.29) is 13.0 Å². The molecule has 1 heterocycles. The molecule has 2 atom stereocenters. The van der Waals surface area contributed by atoms with Crippen molar-refractivity contribution in [1.29, 1.82) is 0 Å². The predicted molar refractivity (Wildman–Crippen MR) is 80.2 cm³/mol. The van der Waals surface area contributed by atoms with E-state index < -0.39 is 23.5 Å². The van der Waals surface area contributed by atoms with Crippen molar-refractivity contribution < 1.29 is 24.2 Å². The minimum atomic E-state index is -1.37. The number of nitrogens with one attached hydrogen (secondary N) is 1. The zero-order valence-electron chi connectivity index (χ0n) is 12.4. The third-order valence-electron chi connectivity index (χ3n) is 3.60. The number of rotatable bonds is 5. The monoisotopic (exact) mass is 327 g/mol. The maximum atomic E-state index is 12.2. The Labute approximate surface area is 133 Å². The average molecular weight is 328 g/mol. The van der Waals surface area contributed by atoms with Crippen molar-refractivity contribution in [2.75, 3.05) is 13.2 Å². The second-order valence-corrected chi connectivity index (χ2v) is 5.76. The van der Waals surface area contributed by atoms with Crippen molar-refractivity contribution in [3.8, 4) is 5.75 Å². The Kier molecular flexibility index (Phi) is 4.93. The molecule has 1 fully saturated rings. The van der Waals surface area contributed by atoms with E-state index in [0.29, 0.717) is 17.4 Å². The number of aryl methyl sites for hydroxylation is 1. The van der Waals surface area contributed by atoms with Crippen LogP contribution in [0.25, 0.3) is 0 Å². The summed E-state index contributed by atoms with van der Waals surface area (Å²) in [4.78, 5) is 23.6. The molecule has 0 radical (unpaired) electrons. The van der Waals surface area contributed by atoms with Crippen LogP contribution in [0.15, 0.2) is 18.2 Å². The summed E-state index contributed by atoms with van der Waals surface area (Å²) >= 11 is 5.93. The highest BCUT2D eigenvalue weighted by Gasteiger charge is 2.44. The van der Waals surface area contributed by atoms with Gasteiger partial charge in [0.1, 0.15) is 5.75 Å². The van der Waals surface area contributed by atoms with Crippen molar-refractivity contribution >= 4 is 23.5 Å². The predicted octanol–water partition coefficient (Wildman–Crippen LogP) is 1.78. The largest absolute Gasteiger partial charge is 0.481 e. The first kappa shape index (κ1) is 16.6. The van der Waals surface area contributed by atoms with E-state index in [1.54, 1.807) is 25.1 Å². The number of carbonyl (C=O) groups is 2. The summed E-state index contributed by atoms with van der Waals surface area (Å²) in [6, 6.07) is 5.06. The Morgan fingerprint density at radius 3 is 2.77 bits per heavy atom. The quantitative estimate of drug-likeness (QED) is 0.861. The third kappa shape index (κ3) is 3.51. The van der Waals surface area contributed by atoms with Gasteiger partial charge in [-0.15, -0.1) is 0 Å². The number of hydrogen-bond acceptors (Lipinski definition) is 4. The molecular weight excluding hydrogens is 310 g/mol. The topological polar surface area (TPSA) is 84.9 Å². The molecule has 2 unspecified atom stereocenters. The van der Waals surface area contributed by atoms with Crippen molar-refractivity contribution in [2.45, 2.75) is 31.9 Å². The van der Waals surface area contributed by atoms with E-state index in [1.807, 2.05) is 6.92 Å². The van der Waals surface area contributed by atoms with Crippen LogP contribution in [0.1, 0.15) is 18.9 Å². The Balaban J connectivity index is 2.02. The van der Waals surface area contributed by atoms with Crippen molar-refractivity contribution in [1.82, 2.24) is 5.32 Å². The van der Waals surface area contributed by atoms with Crippen LogP contribution >= 0.6 is 11.6 Å². The van der Waals surface area contributed by atoms with Crippen LogP contribution in [0.2, 0.25) is 5.02 Å². The molecule has 1 aromatic carbocycles. The first-order valence-corrected chi connectivity index (χ1v) is 7.28. The minimum Gasteiger partial charge on any atom is -0.481 e. The molecule has 6 nitrogen and oxygen atoms in total. The first-order chi connectivity index (χ1) is 10.3. The molecule has 1 amide bonds. The maximum Gasteiger partial charge on any atom is 0.331 e. The number of carbonyl (C=O) groups excluding carboxylic acids is 1. The fourth-order valence-corrected chi connectivity index (χ4v) is 2.29. The molecule has 0 spiro atoms. The summed E-state index contributed by atoms with van der Waals surface area (Å²) < 4.78 is 10.6. The lowest BCUT2D eigenvalue weighted by molar-refractivity contribution is -0.148. The molecule has 0 aliphatic carbocycles.